The van der Waals surface area contributed by atoms with E-state index in [1.165, 1.54) is 18.1 Å². The van der Waals surface area contributed by atoms with Gasteiger partial charge in [-0.1, -0.05) is 42.5 Å². The average Bonchev–Trinajstić information content (AvgIpc) is 2.77. The van der Waals surface area contributed by atoms with E-state index in [1.807, 2.05) is 24.3 Å². The molecule has 1 unspecified atom stereocenters. The van der Waals surface area contributed by atoms with Crippen LogP contribution in [0, 0.1) is 5.82 Å². The first-order valence-corrected chi connectivity index (χ1v) is 11.2. The fourth-order valence-electron chi connectivity index (χ4n) is 4.04. The predicted molar refractivity (Wildman–Crippen MR) is 124 cm³/mol. The number of nitrogens with zero attached hydrogens (tertiary/aromatic N) is 1. The van der Waals surface area contributed by atoms with Gasteiger partial charge >= 0.3 is 12.1 Å². The van der Waals surface area contributed by atoms with E-state index in [1.54, 1.807) is 39.0 Å². The van der Waals surface area contributed by atoms with Gasteiger partial charge < -0.3 is 19.7 Å². The SMILES string of the molecule is COC(=O)[C@@H]1Cc2ccccc2CN1C(=O)CC(Cc1ccccc1F)NC(=O)OC(C)(C)C. The molecule has 2 aromatic carbocycles. The number of hydrogen-bond acceptors (Lipinski definition) is 5. The van der Waals surface area contributed by atoms with Gasteiger partial charge in [-0.05, 0) is 49.9 Å². The summed E-state index contributed by atoms with van der Waals surface area (Å²) in [6, 6.07) is 12.3. The molecule has 0 saturated carbocycles. The van der Waals surface area contributed by atoms with Crippen LogP contribution < -0.4 is 5.32 Å². The summed E-state index contributed by atoms with van der Waals surface area (Å²) in [4.78, 5) is 39.8. The Labute approximate surface area is 199 Å². The molecule has 0 aromatic heterocycles. The van der Waals surface area contributed by atoms with E-state index in [2.05, 4.69) is 5.32 Å². The summed E-state index contributed by atoms with van der Waals surface area (Å²) in [5.41, 5.74) is 1.56. The van der Waals surface area contributed by atoms with Gasteiger partial charge in [0.2, 0.25) is 5.91 Å². The number of ether oxygens (including phenoxy) is 2. The standard InChI is InChI=1S/C26H31FN2O5/c1-26(2,3)34-25(32)28-20(13-18-10-7-8-12-21(18)27)15-23(30)29-16-19-11-6-5-9-17(19)14-22(29)24(31)33-4/h5-12,20,22H,13-16H2,1-4H3,(H,28,32)/t20?,22-/m0/s1. The van der Waals surface area contributed by atoms with Gasteiger partial charge in [-0.2, -0.15) is 0 Å². The number of carbonyl (C=O) groups excluding carboxylic acids is 3. The molecule has 0 bridgehead atoms. The number of hydrogen-bond donors (Lipinski definition) is 1. The zero-order valence-corrected chi connectivity index (χ0v) is 20.0. The molecule has 0 radical (unpaired) electrons. The number of halogens is 1. The number of fused-ring (bicyclic) bond motifs is 1. The molecule has 2 aromatic rings. The Bertz CT molecular complexity index is 1050. The van der Waals surface area contributed by atoms with Crippen LogP contribution in [0.4, 0.5) is 9.18 Å². The zero-order valence-electron chi connectivity index (χ0n) is 20.0. The van der Waals surface area contributed by atoms with E-state index in [0.29, 0.717) is 12.0 Å². The number of rotatable bonds is 6. The van der Waals surface area contributed by atoms with Gasteiger partial charge in [0, 0.05) is 25.4 Å². The van der Waals surface area contributed by atoms with E-state index < -0.39 is 35.6 Å². The molecular weight excluding hydrogens is 439 g/mol. The number of esters is 1. The van der Waals surface area contributed by atoms with Crippen LogP contribution in [-0.4, -0.2) is 47.7 Å². The molecular formula is C26H31FN2O5. The molecule has 2 amide bonds. The number of amides is 2. The van der Waals surface area contributed by atoms with Crippen molar-refractivity contribution in [2.24, 2.45) is 0 Å². The molecule has 8 heteroatoms. The van der Waals surface area contributed by atoms with Crippen molar-refractivity contribution in [2.45, 2.75) is 64.3 Å². The van der Waals surface area contributed by atoms with Gasteiger partial charge in [0.15, 0.2) is 0 Å². The Morgan fingerprint density at radius 2 is 1.74 bits per heavy atom. The van der Waals surface area contributed by atoms with Crippen LogP contribution >= 0.6 is 0 Å². The van der Waals surface area contributed by atoms with Crippen molar-refractivity contribution >= 4 is 18.0 Å². The molecule has 0 fully saturated rings. The van der Waals surface area contributed by atoms with Gasteiger partial charge in [0.25, 0.3) is 0 Å². The Kier molecular flexibility index (Phi) is 7.91. The van der Waals surface area contributed by atoms with E-state index in [9.17, 15) is 18.8 Å². The van der Waals surface area contributed by atoms with Gasteiger partial charge in [0.05, 0.1) is 7.11 Å². The fourth-order valence-corrected chi connectivity index (χ4v) is 4.04. The summed E-state index contributed by atoms with van der Waals surface area (Å²) in [7, 11) is 1.29. The van der Waals surface area contributed by atoms with Crippen molar-refractivity contribution in [2.75, 3.05) is 7.11 Å². The van der Waals surface area contributed by atoms with Crippen LogP contribution in [0.5, 0.6) is 0 Å². The number of benzene rings is 2. The first-order valence-electron chi connectivity index (χ1n) is 11.2. The van der Waals surface area contributed by atoms with E-state index >= 15 is 0 Å². The highest BCUT2D eigenvalue weighted by molar-refractivity contribution is 5.86. The maximum atomic E-state index is 14.3. The van der Waals surface area contributed by atoms with Crippen LogP contribution in [-0.2, 0) is 38.4 Å². The van der Waals surface area contributed by atoms with E-state index in [-0.39, 0.29) is 25.3 Å². The molecule has 1 heterocycles. The summed E-state index contributed by atoms with van der Waals surface area (Å²) in [6.45, 7) is 5.44. The molecule has 1 aliphatic heterocycles. The van der Waals surface area contributed by atoms with Gasteiger partial charge in [0.1, 0.15) is 17.5 Å². The van der Waals surface area contributed by atoms with Crippen molar-refractivity contribution in [1.82, 2.24) is 10.2 Å². The fraction of sp³-hybridized carbons (Fsp3) is 0.423. The molecule has 0 saturated heterocycles. The first-order chi connectivity index (χ1) is 16.1. The Hall–Kier alpha value is -3.42. The lowest BCUT2D eigenvalue weighted by Crippen LogP contribution is -2.51. The molecule has 3 rings (SSSR count). The lowest BCUT2D eigenvalue weighted by molar-refractivity contribution is -0.154. The number of alkyl carbamates (subject to hydrolysis) is 1. The Morgan fingerprint density at radius 1 is 1.09 bits per heavy atom. The van der Waals surface area contributed by atoms with E-state index in [0.717, 1.165) is 11.1 Å². The molecule has 0 aliphatic carbocycles. The first kappa shape index (κ1) is 25.2. The van der Waals surface area contributed by atoms with Gasteiger partial charge in [-0.15, -0.1) is 0 Å². The van der Waals surface area contributed by atoms with Crippen LogP contribution in [0.1, 0.15) is 43.9 Å². The van der Waals surface area contributed by atoms with Crippen LogP contribution in [0.15, 0.2) is 48.5 Å². The molecule has 182 valence electrons. The maximum Gasteiger partial charge on any atom is 0.407 e. The minimum absolute atomic E-state index is 0.0883. The van der Waals surface area contributed by atoms with Crippen LogP contribution in [0.3, 0.4) is 0 Å². The average molecular weight is 471 g/mol. The summed E-state index contributed by atoms with van der Waals surface area (Å²) < 4.78 is 24.6. The Morgan fingerprint density at radius 3 is 2.38 bits per heavy atom. The lowest BCUT2D eigenvalue weighted by Gasteiger charge is -2.36. The van der Waals surface area contributed by atoms with Crippen molar-refractivity contribution in [3.63, 3.8) is 0 Å². The van der Waals surface area contributed by atoms with Crippen molar-refractivity contribution < 1.29 is 28.2 Å². The third-order valence-corrected chi connectivity index (χ3v) is 5.61. The van der Waals surface area contributed by atoms with Crippen molar-refractivity contribution in [3.05, 3.63) is 71.0 Å². The zero-order chi connectivity index (χ0) is 24.9. The lowest BCUT2D eigenvalue weighted by atomic mass is 9.93. The minimum Gasteiger partial charge on any atom is -0.467 e. The summed E-state index contributed by atoms with van der Waals surface area (Å²) in [6.07, 6.45) is -0.407. The second-order valence-corrected chi connectivity index (χ2v) is 9.38. The van der Waals surface area contributed by atoms with E-state index in [4.69, 9.17) is 9.47 Å². The summed E-state index contributed by atoms with van der Waals surface area (Å²) >= 11 is 0. The molecule has 0 spiro atoms. The van der Waals surface area contributed by atoms with Crippen LogP contribution in [0.2, 0.25) is 0 Å². The highest BCUT2D eigenvalue weighted by Gasteiger charge is 2.36. The number of nitrogens with one attached hydrogen (secondary N) is 1. The normalized spacial score (nSPS) is 16.3. The van der Waals surface area contributed by atoms with Gasteiger partial charge in [-0.3, -0.25) is 4.79 Å². The highest BCUT2D eigenvalue weighted by Crippen LogP contribution is 2.25. The van der Waals surface area contributed by atoms with Crippen LogP contribution in [0.25, 0.3) is 0 Å². The monoisotopic (exact) mass is 470 g/mol. The number of carbonyl (C=O) groups is 3. The topological polar surface area (TPSA) is 84.9 Å². The number of methoxy groups -OCH3 is 1. The molecule has 1 N–H and O–H groups in total. The molecule has 34 heavy (non-hydrogen) atoms. The third-order valence-electron chi connectivity index (χ3n) is 5.61. The minimum atomic E-state index is -0.775. The molecule has 2 atom stereocenters. The third kappa shape index (κ3) is 6.56. The molecule has 1 aliphatic rings. The summed E-state index contributed by atoms with van der Waals surface area (Å²) in [5.74, 6) is -1.28. The van der Waals surface area contributed by atoms with Crippen molar-refractivity contribution in [1.29, 1.82) is 0 Å². The Balaban J connectivity index is 1.83. The quantitative estimate of drug-likeness (QED) is 0.650. The predicted octanol–water partition coefficient (Wildman–Crippen LogP) is 3.78. The van der Waals surface area contributed by atoms with Gasteiger partial charge in [-0.25, -0.2) is 14.0 Å². The second kappa shape index (κ2) is 10.7. The molecule has 7 nitrogen and oxygen atoms in total. The highest BCUT2D eigenvalue weighted by atomic mass is 19.1. The largest absolute Gasteiger partial charge is 0.467 e. The second-order valence-electron chi connectivity index (χ2n) is 9.38. The van der Waals surface area contributed by atoms with Crippen molar-refractivity contribution in [3.8, 4) is 0 Å². The summed E-state index contributed by atoms with van der Waals surface area (Å²) in [5, 5.41) is 2.70. The smallest absolute Gasteiger partial charge is 0.407 e. The maximum absolute atomic E-state index is 14.3.